The molecule has 3 aromatic rings. The van der Waals surface area contributed by atoms with Gasteiger partial charge in [0.25, 0.3) is 15.9 Å². The number of nitrogens with one attached hydrogen (secondary N) is 2. The minimum absolute atomic E-state index is 0.141. The Morgan fingerprint density at radius 3 is 2.37 bits per heavy atom. The first-order valence-corrected chi connectivity index (χ1v) is 10.6. The lowest BCUT2D eigenvalue weighted by Gasteiger charge is -2.16. The Morgan fingerprint density at radius 2 is 1.67 bits per heavy atom. The number of benzene rings is 3. The van der Waals surface area contributed by atoms with Crippen molar-refractivity contribution < 1.29 is 22.0 Å². The summed E-state index contributed by atoms with van der Waals surface area (Å²) in [7, 11) is -4.04. The number of halogens is 2. The average Bonchev–Trinajstić information content (AvgIpc) is 2.70. The molecule has 3 rings (SSSR count). The highest BCUT2D eigenvalue weighted by molar-refractivity contribution is 7.92. The fraction of sp³-hybridized carbons (Fsp3) is 0.136. The molecule has 1 atom stereocenters. The third kappa shape index (κ3) is 4.83. The Bertz CT molecular complexity index is 1200. The summed E-state index contributed by atoms with van der Waals surface area (Å²) in [6.07, 6.45) is 0. The third-order valence-corrected chi connectivity index (χ3v) is 5.93. The molecule has 0 aliphatic rings. The molecule has 0 radical (unpaired) electrons. The molecule has 0 aliphatic carbocycles. The number of carbonyl (C=O) groups excluding carboxylic acids is 1. The molecule has 30 heavy (non-hydrogen) atoms. The molecule has 0 saturated heterocycles. The number of sulfonamides is 1. The van der Waals surface area contributed by atoms with Crippen LogP contribution >= 0.6 is 0 Å². The van der Waals surface area contributed by atoms with Crippen molar-refractivity contribution in [2.75, 3.05) is 4.72 Å². The first kappa shape index (κ1) is 21.4. The average molecular weight is 430 g/mol. The van der Waals surface area contributed by atoms with Gasteiger partial charge in [0.05, 0.1) is 10.9 Å². The summed E-state index contributed by atoms with van der Waals surface area (Å²) in [5, 5.41) is 2.68. The SMILES string of the molecule is Cc1ccc(S(=O)(=O)Nc2cccc(C(=O)NC(C)c3ccccc3F)c2)cc1F. The van der Waals surface area contributed by atoms with Crippen LogP contribution in [0.4, 0.5) is 14.5 Å². The second-order valence-corrected chi connectivity index (χ2v) is 8.50. The molecule has 0 spiro atoms. The zero-order valence-corrected chi connectivity index (χ0v) is 17.1. The van der Waals surface area contributed by atoms with Gasteiger partial charge in [0.1, 0.15) is 11.6 Å². The van der Waals surface area contributed by atoms with E-state index in [4.69, 9.17) is 0 Å². The zero-order valence-electron chi connectivity index (χ0n) is 16.3. The maximum Gasteiger partial charge on any atom is 0.261 e. The summed E-state index contributed by atoms with van der Waals surface area (Å²) in [6.45, 7) is 3.18. The molecular formula is C22H20F2N2O3S. The second-order valence-electron chi connectivity index (χ2n) is 6.81. The molecule has 1 amide bonds. The Morgan fingerprint density at radius 1 is 0.933 bits per heavy atom. The highest BCUT2D eigenvalue weighted by atomic mass is 32.2. The van der Waals surface area contributed by atoms with Crippen LogP contribution in [0, 0.1) is 18.6 Å². The summed E-state index contributed by atoms with van der Waals surface area (Å²) >= 11 is 0. The van der Waals surface area contributed by atoms with Crippen LogP contribution < -0.4 is 10.0 Å². The van der Waals surface area contributed by atoms with E-state index in [9.17, 15) is 22.0 Å². The molecule has 8 heteroatoms. The van der Waals surface area contributed by atoms with Crippen molar-refractivity contribution >= 4 is 21.6 Å². The fourth-order valence-electron chi connectivity index (χ4n) is 2.86. The monoisotopic (exact) mass is 430 g/mol. The lowest BCUT2D eigenvalue weighted by Crippen LogP contribution is -2.27. The minimum Gasteiger partial charge on any atom is -0.345 e. The molecule has 5 nitrogen and oxygen atoms in total. The summed E-state index contributed by atoms with van der Waals surface area (Å²) in [5.74, 6) is -1.56. The number of carbonyl (C=O) groups is 1. The van der Waals surface area contributed by atoms with E-state index in [2.05, 4.69) is 10.0 Å². The molecule has 0 aliphatic heterocycles. The Kier molecular flexibility index (Phi) is 6.17. The molecule has 0 fully saturated rings. The quantitative estimate of drug-likeness (QED) is 0.602. The Labute approximate surface area is 173 Å². The summed E-state index contributed by atoms with van der Waals surface area (Å²) in [4.78, 5) is 12.3. The van der Waals surface area contributed by atoms with Crippen molar-refractivity contribution in [2.24, 2.45) is 0 Å². The van der Waals surface area contributed by atoms with Gasteiger partial charge >= 0.3 is 0 Å². The Hall–Kier alpha value is -3.26. The van der Waals surface area contributed by atoms with Gasteiger partial charge in [-0.2, -0.15) is 0 Å². The van der Waals surface area contributed by atoms with E-state index in [-0.39, 0.29) is 16.1 Å². The standard InChI is InChI=1S/C22H20F2N2O3S/c1-14-10-11-18(13-21(14)24)30(28,29)26-17-7-5-6-16(12-17)22(27)25-15(2)19-8-3-4-9-20(19)23/h3-13,15,26H,1-2H3,(H,25,27). The van der Waals surface area contributed by atoms with Gasteiger partial charge < -0.3 is 5.32 Å². The summed E-state index contributed by atoms with van der Waals surface area (Å²) in [5.41, 5.74) is 0.997. The number of anilines is 1. The van der Waals surface area contributed by atoms with E-state index >= 15 is 0 Å². The highest BCUT2D eigenvalue weighted by Crippen LogP contribution is 2.21. The van der Waals surface area contributed by atoms with Gasteiger partial charge in [0, 0.05) is 16.8 Å². The number of aryl methyl sites for hydroxylation is 1. The molecule has 1 unspecified atom stereocenters. The van der Waals surface area contributed by atoms with Gasteiger partial charge in [0.15, 0.2) is 0 Å². The van der Waals surface area contributed by atoms with Crippen molar-refractivity contribution in [3.63, 3.8) is 0 Å². The van der Waals surface area contributed by atoms with Crippen molar-refractivity contribution in [2.45, 2.75) is 24.8 Å². The van der Waals surface area contributed by atoms with Gasteiger partial charge in [-0.05, 0) is 55.8 Å². The lowest BCUT2D eigenvalue weighted by molar-refractivity contribution is 0.0939. The van der Waals surface area contributed by atoms with E-state index < -0.39 is 33.6 Å². The highest BCUT2D eigenvalue weighted by Gasteiger charge is 2.18. The van der Waals surface area contributed by atoms with Gasteiger partial charge in [-0.15, -0.1) is 0 Å². The molecule has 0 saturated carbocycles. The number of hydrogen-bond donors (Lipinski definition) is 2. The van der Waals surface area contributed by atoms with Crippen molar-refractivity contribution in [3.8, 4) is 0 Å². The van der Waals surface area contributed by atoms with E-state index in [1.54, 1.807) is 25.1 Å². The van der Waals surface area contributed by atoms with Crippen LogP contribution in [0.15, 0.2) is 71.6 Å². The molecule has 0 aromatic heterocycles. The van der Waals surface area contributed by atoms with Crippen LogP contribution in [0.2, 0.25) is 0 Å². The lowest BCUT2D eigenvalue weighted by atomic mass is 10.1. The first-order chi connectivity index (χ1) is 14.2. The fourth-order valence-corrected chi connectivity index (χ4v) is 3.92. The molecule has 156 valence electrons. The number of rotatable bonds is 6. The van der Waals surface area contributed by atoms with E-state index in [1.807, 2.05) is 0 Å². The maximum absolute atomic E-state index is 13.9. The maximum atomic E-state index is 13.9. The van der Waals surface area contributed by atoms with Crippen molar-refractivity contribution in [3.05, 3.63) is 95.1 Å². The third-order valence-electron chi connectivity index (χ3n) is 4.55. The molecule has 2 N–H and O–H groups in total. The van der Waals surface area contributed by atoms with Crippen molar-refractivity contribution in [1.29, 1.82) is 0 Å². The largest absolute Gasteiger partial charge is 0.345 e. The van der Waals surface area contributed by atoms with Crippen LogP contribution in [-0.2, 0) is 10.0 Å². The second kappa shape index (κ2) is 8.62. The smallest absolute Gasteiger partial charge is 0.261 e. The Balaban J connectivity index is 1.77. The zero-order chi connectivity index (χ0) is 21.9. The predicted molar refractivity (Wildman–Crippen MR) is 111 cm³/mol. The van der Waals surface area contributed by atoms with Crippen LogP contribution in [-0.4, -0.2) is 14.3 Å². The van der Waals surface area contributed by atoms with Crippen LogP contribution in [0.1, 0.15) is 34.5 Å². The topological polar surface area (TPSA) is 75.3 Å². The van der Waals surface area contributed by atoms with Crippen LogP contribution in [0.25, 0.3) is 0 Å². The molecular weight excluding hydrogens is 410 g/mol. The van der Waals surface area contributed by atoms with Crippen molar-refractivity contribution in [1.82, 2.24) is 5.32 Å². The summed E-state index contributed by atoms with van der Waals surface area (Å²) < 4.78 is 55.0. The van der Waals surface area contributed by atoms with Crippen LogP contribution in [0.5, 0.6) is 0 Å². The van der Waals surface area contributed by atoms with Gasteiger partial charge in [-0.3, -0.25) is 9.52 Å². The predicted octanol–water partition coefficient (Wildman–Crippen LogP) is 4.57. The number of amides is 1. The number of hydrogen-bond acceptors (Lipinski definition) is 3. The van der Waals surface area contributed by atoms with E-state index in [0.29, 0.717) is 11.1 Å². The summed E-state index contributed by atoms with van der Waals surface area (Å²) in [6, 6.07) is 15.0. The van der Waals surface area contributed by atoms with E-state index in [0.717, 1.165) is 6.07 Å². The molecule has 3 aromatic carbocycles. The van der Waals surface area contributed by atoms with Gasteiger partial charge in [-0.25, -0.2) is 17.2 Å². The van der Waals surface area contributed by atoms with Gasteiger partial charge in [-0.1, -0.05) is 30.3 Å². The van der Waals surface area contributed by atoms with E-state index in [1.165, 1.54) is 49.4 Å². The minimum atomic E-state index is -4.04. The molecule has 0 bridgehead atoms. The van der Waals surface area contributed by atoms with Crippen LogP contribution in [0.3, 0.4) is 0 Å². The normalized spacial score (nSPS) is 12.3. The first-order valence-electron chi connectivity index (χ1n) is 9.12. The molecule has 0 heterocycles. The van der Waals surface area contributed by atoms with Gasteiger partial charge in [0.2, 0.25) is 0 Å².